The third-order valence-electron chi connectivity index (χ3n) is 7.06. The highest BCUT2D eigenvalue weighted by Gasteiger charge is 2.67. The number of quaternary nitrogens is 1. The van der Waals surface area contributed by atoms with Crippen LogP contribution in [-0.2, 0) is 10.2 Å². The highest BCUT2D eigenvalue weighted by molar-refractivity contribution is 5.84. The fourth-order valence-electron chi connectivity index (χ4n) is 6.07. The number of halogens is 2. The van der Waals surface area contributed by atoms with Crippen molar-refractivity contribution >= 4 is 12.0 Å². The first-order valence-corrected chi connectivity index (χ1v) is 8.70. The number of hydrogen-bond acceptors (Lipinski definition) is 2. The minimum absolute atomic E-state index is 0. The van der Waals surface area contributed by atoms with Gasteiger partial charge in [-0.3, -0.25) is 4.79 Å². The van der Waals surface area contributed by atoms with Gasteiger partial charge in [0.2, 0.25) is 0 Å². The second-order valence-electron chi connectivity index (χ2n) is 7.87. The van der Waals surface area contributed by atoms with Crippen LogP contribution in [0.25, 0.3) is 0 Å². The molecule has 3 aliphatic heterocycles. The summed E-state index contributed by atoms with van der Waals surface area (Å²) in [5.74, 6) is 0.316. The van der Waals surface area contributed by atoms with Gasteiger partial charge in [0.05, 0.1) is 19.0 Å². The lowest BCUT2D eigenvalue weighted by Gasteiger charge is -2.51. The molecule has 134 valence electrons. The lowest BCUT2D eigenvalue weighted by atomic mass is 9.61. The van der Waals surface area contributed by atoms with Crippen molar-refractivity contribution in [3.8, 4) is 0 Å². The Hall–Kier alpha value is -1.65. The molecule has 1 aromatic rings. The van der Waals surface area contributed by atoms with Crippen LogP contribution >= 0.6 is 0 Å². The number of piperidine rings is 1. The molecule has 2 saturated heterocycles. The maximum atomic E-state index is 12.0. The first kappa shape index (κ1) is 18.2. The maximum Gasteiger partial charge on any atom is 0.148 e. The molecule has 4 aliphatic rings. The predicted molar refractivity (Wildman–Crippen MR) is 91.0 cm³/mol. The molecule has 1 unspecified atom stereocenters. The van der Waals surface area contributed by atoms with Crippen LogP contribution in [0.3, 0.4) is 0 Å². The molecule has 2 bridgehead atoms. The molecular weight excluding hydrogens is 339 g/mol. The van der Waals surface area contributed by atoms with Crippen molar-refractivity contribution in [1.82, 2.24) is 0 Å². The van der Waals surface area contributed by atoms with E-state index in [1.807, 2.05) is 0 Å². The second kappa shape index (κ2) is 5.68. The molecule has 5 heteroatoms. The molecule has 0 amide bonds. The molecule has 0 radical (unpaired) electrons. The van der Waals surface area contributed by atoms with Crippen LogP contribution in [0.2, 0.25) is 0 Å². The molecular formula is C20H23ClFN2O-. The van der Waals surface area contributed by atoms with Crippen molar-refractivity contribution in [1.29, 1.82) is 0 Å². The van der Waals surface area contributed by atoms with E-state index in [9.17, 15) is 4.79 Å². The van der Waals surface area contributed by atoms with Crippen LogP contribution in [0.1, 0.15) is 25.3 Å². The van der Waals surface area contributed by atoms with Crippen molar-refractivity contribution in [2.45, 2.75) is 31.2 Å². The largest absolute Gasteiger partial charge is 1.00 e. The first-order valence-electron chi connectivity index (χ1n) is 8.70. The number of carbonyl (C=O) groups is 1. The van der Waals surface area contributed by atoms with E-state index in [1.165, 1.54) is 29.1 Å². The number of nitrogens with one attached hydrogen (secondary N) is 1. The van der Waals surface area contributed by atoms with Crippen LogP contribution in [0, 0.1) is 5.92 Å². The number of nitrogens with zero attached hydrogens (tertiary/aromatic N) is 1. The molecule has 4 atom stereocenters. The summed E-state index contributed by atoms with van der Waals surface area (Å²) < 4.78 is 1.13. The fourth-order valence-corrected chi connectivity index (χ4v) is 6.07. The summed E-state index contributed by atoms with van der Waals surface area (Å²) in [5, 5.41) is 3.66. The van der Waals surface area contributed by atoms with Gasteiger partial charge >= 0.3 is 0 Å². The summed E-state index contributed by atoms with van der Waals surface area (Å²) in [6.45, 7) is 4.42. The van der Waals surface area contributed by atoms with E-state index in [-0.39, 0.29) is 22.5 Å². The number of likely N-dealkylation sites (N-methyl/N-ethyl adjacent to an activating group) is 1. The van der Waals surface area contributed by atoms with E-state index in [4.69, 9.17) is 0 Å². The van der Waals surface area contributed by atoms with Gasteiger partial charge in [-0.2, -0.15) is 0 Å². The van der Waals surface area contributed by atoms with Crippen molar-refractivity contribution in [3.63, 3.8) is 0 Å². The van der Waals surface area contributed by atoms with Crippen molar-refractivity contribution < 1.29 is 26.4 Å². The topological polar surface area (TPSA) is 29.1 Å². The normalized spacial score (nSPS) is 38.2. The Morgan fingerprint density at radius 1 is 1.32 bits per heavy atom. The monoisotopic (exact) mass is 361 g/mol. The molecule has 2 fully saturated rings. The van der Waals surface area contributed by atoms with Gasteiger partial charge in [0, 0.05) is 35.7 Å². The maximum absolute atomic E-state index is 12.0. The number of fused-ring (bicyclic) bond motifs is 2. The molecule has 0 aromatic heterocycles. The Morgan fingerprint density at radius 3 is 2.80 bits per heavy atom. The number of anilines is 1. The van der Waals surface area contributed by atoms with Crippen LogP contribution in [0.15, 0.2) is 47.2 Å². The standard InChI is InChI=1S/C20H22N2O.ClH.FH/c1-3-13-11-22(2)9-8-20-16-6-4-5-7-17(16)21-19(20)15(12-23)14(13)10-18(20)22;;/h3-7,12,14,18H,8-11H2,1-2H3;2*1H/p-1/b13-3-;;/t14-,18-,20+,22?;;/m0../s1. The lowest BCUT2D eigenvalue weighted by Crippen LogP contribution is -3.00. The summed E-state index contributed by atoms with van der Waals surface area (Å²) in [5.41, 5.74) is 6.35. The van der Waals surface area contributed by atoms with Gasteiger partial charge < -0.3 is 26.9 Å². The van der Waals surface area contributed by atoms with Crippen LogP contribution in [0.5, 0.6) is 0 Å². The SMILES string of the molecule is C/C=C1/C[N+]2(C)CC[C@]34C(=C(C=O)[C@H]1C[C@@H]32)Nc1ccccc14.[Cl-].[F-]. The minimum atomic E-state index is 0. The summed E-state index contributed by atoms with van der Waals surface area (Å²) >= 11 is 0. The van der Waals surface area contributed by atoms with E-state index in [0.717, 1.165) is 35.7 Å². The second-order valence-corrected chi connectivity index (χ2v) is 7.87. The molecule has 5 rings (SSSR count). The zero-order valence-corrected chi connectivity index (χ0v) is 15.3. The molecule has 3 nitrogen and oxygen atoms in total. The van der Waals surface area contributed by atoms with Gasteiger partial charge in [-0.25, -0.2) is 0 Å². The van der Waals surface area contributed by atoms with Gasteiger partial charge in [-0.15, -0.1) is 0 Å². The van der Waals surface area contributed by atoms with Gasteiger partial charge in [0.15, 0.2) is 0 Å². The van der Waals surface area contributed by atoms with E-state index in [1.54, 1.807) is 0 Å². The number of para-hydroxylation sites is 1. The molecule has 1 aliphatic carbocycles. The van der Waals surface area contributed by atoms with Crippen molar-refractivity contribution in [3.05, 3.63) is 52.7 Å². The molecule has 1 spiro atoms. The average Bonchev–Trinajstić information content (AvgIpc) is 3.08. The van der Waals surface area contributed by atoms with Gasteiger partial charge in [0.25, 0.3) is 0 Å². The summed E-state index contributed by atoms with van der Waals surface area (Å²) in [6.07, 6.45) is 5.65. The Kier molecular flexibility index (Phi) is 4.12. The highest BCUT2D eigenvalue weighted by Crippen LogP contribution is 2.62. The Bertz CT molecular complexity index is 805. The van der Waals surface area contributed by atoms with E-state index in [0.29, 0.717) is 12.0 Å². The number of carbonyl (C=O) groups excluding carboxylic acids is 1. The molecule has 0 saturated carbocycles. The number of benzene rings is 1. The zero-order valence-electron chi connectivity index (χ0n) is 14.6. The van der Waals surface area contributed by atoms with Crippen molar-refractivity contribution in [2.24, 2.45) is 5.92 Å². The van der Waals surface area contributed by atoms with Crippen molar-refractivity contribution in [2.75, 3.05) is 25.5 Å². The average molecular weight is 362 g/mol. The quantitative estimate of drug-likeness (QED) is 0.328. The summed E-state index contributed by atoms with van der Waals surface area (Å²) in [7, 11) is 2.42. The zero-order chi connectivity index (χ0) is 15.8. The smallest absolute Gasteiger partial charge is 0.148 e. The van der Waals surface area contributed by atoms with E-state index < -0.39 is 0 Å². The first-order chi connectivity index (χ1) is 11.1. The van der Waals surface area contributed by atoms with Gasteiger partial charge in [-0.1, -0.05) is 24.3 Å². The predicted octanol–water partition coefficient (Wildman–Crippen LogP) is -2.99. The molecule has 3 heterocycles. The Labute approximate surface area is 154 Å². The van der Waals surface area contributed by atoms with E-state index in [2.05, 4.69) is 49.6 Å². The number of allylic oxidation sites excluding steroid dienone is 2. The number of hydrogen-bond donors (Lipinski definition) is 1. The Balaban J connectivity index is 0.000000911. The number of aldehydes is 1. The Morgan fingerprint density at radius 2 is 2.08 bits per heavy atom. The summed E-state index contributed by atoms with van der Waals surface area (Å²) in [4.78, 5) is 12.0. The van der Waals surface area contributed by atoms with Crippen LogP contribution < -0.4 is 22.4 Å². The fraction of sp³-hybridized carbons (Fsp3) is 0.450. The van der Waals surface area contributed by atoms with E-state index >= 15 is 0 Å². The summed E-state index contributed by atoms with van der Waals surface area (Å²) in [6, 6.07) is 9.27. The number of rotatable bonds is 1. The molecule has 1 N–H and O–H groups in total. The third kappa shape index (κ3) is 1.92. The molecule has 25 heavy (non-hydrogen) atoms. The van der Waals surface area contributed by atoms with Gasteiger partial charge in [0.1, 0.15) is 18.9 Å². The van der Waals surface area contributed by atoms with Crippen LogP contribution in [0.4, 0.5) is 5.69 Å². The molecule has 1 aromatic carbocycles. The highest BCUT2D eigenvalue weighted by atomic mass is 35.5. The lowest BCUT2D eigenvalue weighted by molar-refractivity contribution is -0.923. The minimum Gasteiger partial charge on any atom is -1.00 e. The van der Waals surface area contributed by atoms with Gasteiger partial charge in [-0.05, 0) is 24.1 Å². The van der Waals surface area contributed by atoms with Crippen LogP contribution in [-0.4, -0.2) is 36.9 Å². The third-order valence-corrected chi connectivity index (χ3v) is 7.06.